The molecule has 0 saturated carbocycles. The van der Waals surface area contributed by atoms with Crippen molar-refractivity contribution < 1.29 is 4.79 Å². The van der Waals surface area contributed by atoms with Crippen molar-refractivity contribution in [3.05, 3.63) is 29.8 Å². The van der Waals surface area contributed by atoms with Crippen molar-refractivity contribution in [3.63, 3.8) is 0 Å². The highest BCUT2D eigenvalue weighted by molar-refractivity contribution is 7.80. The molecule has 0 radical (unpaired) electrons. The zero-order valence-corrected chi connectivity index (χ0v) is 9.60. The third-order valence-corrected chi connectivity index (χ3v) is 2.46. The van der Waals surface area contributed by atoms with Crippen LogP contribution in [0.1, 0.15) is 12.5 Å². The fourth-order valence-corrected chi connectivity index (χ4v) is 1.21. The van der Waals surface area contributed by atoms with Gasteiger partial charge in [0, 0.05) is 5.69 Å². The van der Waals surface area contributed by atoms with Crippen LogP contribution in [0.3, 0.4) is 0 Å². The maximum atomic E-state index is 11.6. The first-order chi connectivity index (χ1) is 7.00. The fourth-order valence-electron chi connectivity index (χ4n) is 1.10. The summed E-state index contributed by atoms with van der Waals surface area (Å²) in [7, 11) is 0. The molecular weight excluding hydrogens is 208 g/mol. The number of nitrogens with two attached hydrogens (primary N) is 1. The van der Waals surface area contributed by atoms with Crippen LogP contribution in [0.4, 0.5) is 5.69 Å². The van der Waals surface area contributed by atoms with Crippen molar-refractivity contribution in [3.8, 4) is 0 Å². The molecule has 0 aliphatic carbocycles. The molecule has 80 valence electrons. The molecule has 1 amide bonds. The van der Waals surface area contributed by atoms with Gasteiger partial charge in [0.05, 0.1) is 10.9 Å². The van der Waals surface area contributed by atoms with E-state index in [-0.39, 0.29) is 10.9 Å². The highest BCUT2D eigenvalue weighted by Gasteiger charge is 2.15. The van der Waals surface area contributed by atoms with Crippen LogP contribution in [0.25, 0.3) is 0 Å². The molecule has 3 nitrogen and oxygen atoms in total. The van der Waals surface area contributed by atoms with Gasteiger partial charge in [-0.3, -0.25) is 4.79 Å². The van der Waals surface area contributed by atoms with Crippen molar-refractivity contribution in [2.24, 2.45) is 11.7 Å². The smallest absolute Gasteiger partial charge is 0.234 e. The van der Waals surface area contributed by atoms with E-state index in [9.17, 15) is 4.79 Å². The summed E-state index contributed by atoms with van der Waals surface area (Å²) in [5, 5.41) is 2.76. The van der Waals surface area contributed by atoms with Gasteiger partial charge in [0.25, 0.3) is 0 Å². The van der Waals surface area contributed by atoms with E-state index in [0.717, 1.165) is 11.3 Å². The Hall–Kier alpha value is -1.42. The normalized spacial score (nSPS) is 11.9. The highest BCUT2D eigenvalue weighted by Crippen LogP contribution is 2.11. The van der Waals surface area contributed by atoms with E-state index in [4.69, 9.17) is 18.0 Å². The maximum absolute atomic E-state index is 11.6. The van der Waals surface area contributed by atoms with E-state index >= 15 is 0 Å². The van der Waals surface area contributed by atoms with Gasteiger partial charge in [-0.25, -0.2) is 0 Å². The van der Waals surface area contributed by atoms with Gasteiger partial charge in [-0.2, -0.15) is 0 Å². The van der Waals surface area contributed by atoms with E-state index in [1.807, 2.05) is 31.2 Å². The van der Waals surface area contributed by atoms with Crippen LogP contribution in [0.15, 0.2) is 24.3 Å². The predicted octanol–water partition coefficient (Wildman–Crippen LogP) is 1.86. The average molecular weight is 222 g/mol. The molecule has 0 saturated heterocycles. The number of amides is 1. The van der Waals surface area contributed by atoms with Gasteiger partial charge in [-0.1, -0.05) is 24.4 Å². The minimum Gasteiger partial charge on any atom is -0.393 e. The summed E-state index contributed by atoms with van der Waals surface area (Å²) < 4.78 is 0. The summed E-state index contributed by atoms with van der Waals surface area (Å²) in [5.41, 5.74) is 7.25. The Kier molecular flexibility index (Phi) is 3.80. The van der Waals surface area contributed by atoms with Crippen molar-refractivity contribution in [2.45, 2.75) is 13.8 Å². The lowest BCUT2D eigenvalue weighted by Gasteiger charge is -2.10. The highest BCUT2D eigenvalue weighted by atomic mass is 32.1. The number of thiocarbonyl (C=S) groups is 1. The maximum Gasteiger partial charge on any atom is 0.234 e. The van der Waals surface area contributed by atoms with Gasteiger partial charge in [0.1, 0.15) is 0 Å². The molecule has 0 bridgehead atoms. The lowest BCUT2D eigenvalue weighted by atomic mass is 10.1. The summed E-state index contributed by atoms with van der Waals surface area (Å²) in [5.74, 6) is -0.617. The van der Waals surface area contributed by atoms with Crippen LogP contribution in [-0.2, 0) is 4.79 Å². The molecule has 1 aromatic rings. The third-order valence-electron chi connectivity index (χ3n) is 2.11. The number of carbonyl (C=O) groups excluding carboxylic acids is 1. The van der Waals surface area contributed by atoms with Gasteiger partial charge < -0.3 is 11.1 Å². The molecule has 0 aromatic heterocycles. The summed E-state index contributed by atoms with van der Waals surface area (Å²) in [6.45, 7) is 3.65. The second-order valence-electron chi connectivity index (χ2n) is 3.48. The fraction of sp³-hybridized carbons (Fsp3) is 0.273. The average Bonchev–Trinajstić information content (AvgIpc) is 2.16. The molecule has 0 fully saturated rings. The molecule has 0 aliphatic heterocycles. The Labute approximate surface area is 94.7 Å². The zero-order chi connectivity index (χ0) is 11.4. The van der Waals surface area contributed by atoms with E-state index in [2.05, 4.69) is 5.32 Å². The van der Waals surface area contributed by atoms with Crippen molar-refractivity contribution >= 4 is 28.8 Å². The Morgan fingerprint density at radius 1 is 1.53 bits per heavy atom. The van der Waals surface area contributed by atoms with Crippen LogP contribution >= 0.6 is 12.2 Å². The SMILES string of the molecule is Cc1cccc(NC(=O)C(C)C(N)=S)c1. The second kappa shape index (κ2) is 4.89. The minimum atomic E-state index is -0.444. The number of hydrogen-bond donors (Lipinski definition) is 2. The summed E-state index contributed by atoms with van der Waals surface area (Å²) in [6, 6.07) is 7.57. The standard InChI is InChI=1S/C11H14N2OS/c1-7-4-3-5-9(6-7)13-11(14)8(2)10(12)15/h3-6,8H,1-2H3,(H2,12,15)(H,13,14). The van der Waals surface area contributed by atoms with Gasteiger partial charge in [-0.15, -0.1) is 0 Å². The third kappa shape index (κ3) is 3.32. The molecule has 0 heterocycles. The molecular formula is C11H14N2OS. The van der Waals surface area contributed by atoms with Crippen LogP contribution in [-0.4, -0.2) is 10.9 Å². The molecule has 1 unspecified atom stereocenters. The summed E-state index contributed by atoms with van der Waals surface area (Å²) >= 11 is 4.75. The molecule has 0 aliphatic rings. The quantitative estimate of drug-likeness (QED) is 0.767. The minimum absolute atomic E-state index is 0.173. The second-order valence-corrected chi connectivity index (χ2v) is 3.95. The van der Waals surface area contributed by atoms with Crippen molar-refractivity contribution in [1.29, 1.82) is 0 Å². The molecule has 1 aromatic carbocycles. The summed E-state index contributed by atoms with van der Waals surface area (Å²) in [6.07, 6.45) is 0. The lowest BCUT2D eigenvalue weighted by molar-refractivity contribution is -0.117. The van der Waals surface area contributed by atoms with E-state index < -0.39 is 5.92 Å². The lowest BCUT2D eigenvalue weighted by Crippen LogP contribution is -2.30. The topological polar surface area (TPSA) is 55.1 Å². The number of nitrogens with one attached hydrogen (secondary N) is 1. The predicted molar refractivity (Wildman–Crippen MR) is 65.8 cm³/mol. The van der Waals surface area contributed by atoms with Crippen molar-refractivity contribution in [2.75, 3.05) is 5.32 Å². The van der Waals surface area contributed by atoms with E-state index in [0.29, 0.717) is 0 Å². The van der Waals surface area contributed by atoms with Crippen molar-refractivity contribution in [1.82, 2.24) is 0 Å². The number of carbonyl (C=O) groups is 1. The van der Waals surface area contributed by atoms with Gasteiger partial charge >= 0.3 is 0 Å². The molecule has 4 heteroatoms. The number of benzene rings is 1. The largest absolute Gasteiger partial charge is 0.393 e. The summed E-state index contributed by atoms with van der Waals surface area (Å²) in [4.78, 5) is 11.8. The number of rotatable bonds is 3. The Balaban J connectivity index is 2.70. The first-order valence-electron chi connectivity index (χ1n) is 4.67. The Morgan fingerprint density at radius 2 is 2.20 bits per heavy atom. The van der Waals surface area contributed by atoms with Gasteiger partial charge in [-0.05, 0) is 31.5 Å². The van der Waals surface area contributed by atoms with Gasteiger partial charge in [0.2, 0.25) is 5.91 Å². The number of hydrogen-bond acceptors (Lipinski definition) is 2. The molecule has 1 rings (SSSR count). The Bertz CT molecular complexity index is 390. The molecule has 0 spiro atoms. The monoisotopic (exact) mass is 222 g/mol. The first kappa shape index (κ1) is 11.7. The zero-order valence-electron chi connectivity index (χ0n) is 8.78. The van der Waals surface area contributed by atoms with Crippen LogP contribution in [0.5, 0.6) is 0 Å². The molecule has 15 heavy (non-hydrogen) atoms. The van der Waals surface area contributed by atoms with E-state index in [1.54, 1.807) is 6.92 Å². The van der Waals surface area contributed by atoms with Crippen LogP contribution in [0.2, 0.25) is 0 Å². The van der Waals surface area contributed by atoms with Crippen LogP contribution < -0.4 is 11.1 Å². The first-order valence-corrected chi connectivity index (χ1v) is 5.08. The van der Waals surface area contributed by atoms with Gasteiger partial charge in [0.15, 0.2) is 0 Å². The molecule has 1 atom stereocenters. The van der Waals surface area contributed by atoms with E-state index in [1.165, 1.54) is 0 Å². The molecule has 3 N–H and O–H groups in total. The number of anilines is 1. The van der Waals surface area contributed by atoms with Crippen LogP contribution in [0, 0.1) is 12.8 Å². The number of aryl methyl sites for hydroxylation is 1. The Morgan fingerprint density at radius 3 is 2.73 bits per heavy atom.